The van der Waals surface area contributed by atoms with Crippen LogP contribution in [0.3, 0.4) is 0 Å². The van der Waals surface area contributed by atoms with Gasteiger partial charge >= 0.3 is 8.41 Å². The first-order valence-corrected chi connectivity index (χ1v) is 11.0. The SMILES string of the molecule is COc1ccc([Si](F)(c2ccccc2)c2ccccc2-c2ccccn2)cc1. The fourth-order valence-electron chi connectivity index (χ4n) is 3.50. The van der Waals surface area contributed by atoms with Crippen molar-refractivity contribution < 1.29 is 8.84 Å². The minimum absolute atomic E-state index is 0.683. The van der Waals surface area contributed by atoms with E-state index in [2.05, 4.69) is 4.98 Å². The fourth-order valence-corrected chi connectivity index (χ4v) is 6.64. The zero-order valence-electron chi connectivity index (χ0n) is 15.5. The molecule has 4 heteroatoms. The third kappa shape index (κ3) is 3.23. The first-order chi connectivity index (χ1) is 13.7. The molecule has 0 aliphatic carbocycles. The Bertz CT molecular complexity index is 1050. The molecule has 0 fully saturated rings. The van der Waals surface area contributed by atoms with Crippen LogP contribution in [0.2, 0.25) is 0 Å². The fraction of sp³-hybridized carbons (Fsp3) is 0.0417. The van der Waals surface area contributed by atoms with Crippen molar-refractivity contribution in [2.75, 3.05) is 7.11 Å². The highest BCUT2D eigenvalue weighted by Gasteiger charge is 2.43. The van der Waals surface area contributed by atoms with Gasteiger partial charge in [0.15, 0.2) is 0 Å². The summed E-state index contributed by atoms with van der Waals surface area (Å²) >= 11 is 0. The number of hydrogen-bond donors (Lipinski definition) is 0. The minimum atomic E-state index is -3.74. The summed E-state index contributed by atoms with van der Waals surface area (Å²) in [7, 11) is -2.12. The molecule has 1 atom stereocenters. The molecule has 0 amide bonds. The molecule has 4 rings (SSSR count). The summed E-state index contributed by atoms with van der Waals surface area (Å²) in [6.45, 7) is 0. The smallest absolute Gasteiger partial charge is 0.340 e. The van der Waals surface area contributed by atoms with E-state index in [-0.39, 0.29) is 0 Å². The predicted molar refractivity (Wildman–Crippen MR) is 115 cm³/mol. The van der Waals surface area contributed by atoms with Gasteiger partial charge in [-0.05, 0) is 39.8 Å². The van der Waals surface area contributed by atoms with Crippen LogP contribution in [0.1, 0.15) is 0 Å². The number of nitrogens with zero attached hydrogens (tertiary/aromatic N) is 1. The average Bonchev–Trinajstić information content (AvgIpc) is 2.80. The van der Waals surface area contributed by atoms with E-state index in [9.17, 15) is 0 Å². The van der Waals surface area contributed by atoms with Gasteiger partial charge in [-0.1, -0.05) is 72.8 Å². The molecule has 0 bridgehead atoms. The van der Waals surface area contributed by atoms with E-state index in [0.29, 0.717) is 21.3 Å². The molecule has 0 radical (unpaired) electrons. The lowest BCUT2D eigenvalue weighted by Gasteiger charge is -2.26. The molecule has 4 aromatic rings. The molecule has 28 heavy (non-hydrogen) atoms. The normalized spacial score (nSPS) is 12.9. The molecular weight excluding hydrogens is 365 g/mol. The maximum Gasteiger partial charge on any atom is 0.340 e. The number of ether oxygens (including phenoxy) is 1. The minimum Gasteiger partial charge on any atom is -0.497 e. The molecular formula is C24H20FNOSi. The second-order valence-electron chi connectivity index (χ2n) is 6.51. The summed E-state index contributed by atoms with van der Waals surface area (Å²) in [6, 6.07) is 30.2. The second-order valence-corrected chi connectivity index (χ2v) is 9.52. The van der Waals surface area contributed by atoms with Gasteiger partial charge in [0.1, 0.15) is 5.75 Å². The van der Waals surface area contributed by atoms with Crippen LogP contribution in [-0.4, -0.2) is 20.5 Å². The molecule has 0 spiro atoms. The molecule has 138 valence electrons. The topological polar surface area (TPSA) is 22.1 Å². The van der Waals surface area contributed by atoms with Crippen LogP contribution in [0.15, 0.2) is 103 Å². The van der Waals surface area contributed by atoms with Crippen LogP contribution in [0.5, 0.6) is 5.75 Å². The van der Waals surface area contributed by atoms with Gasteiger partial charge in [-0.2, -0.15) is 0 Å². The predicted octanol–water partition coefficient (Wildman–Crippen LogP) is 3.69. The lowest BCUT2D eigenvalue weighted by atomic mass is 10.1. The highest BCUT2D eigenvalue weighted by atomic mass is 28.4. The van der Waals surface area contributed by atoms with Gasteiger partial charge in [-0.15, -0.1) is 0 Å². The summed E-state index contributed by atoms with van der Waals surface area (Å²) in [6.07, 6.45) is 1.74. The quantitative estimate of drug-likeness (QED) is 0.297. The van der Waals surface area contributed by atoms with Crippen LogP contribution < -0.4 is 20.3 Å². The molecule has 0 saturated heterocycles. The summed E-state index contributed by atoms with van der Waals surface area (Å²) in [5.74, 6) is 0.714. The molecule has 0 saturated carbocycles. The number of rotatable bonds is 5. The van der Waals surface area contributed by atoms with Crippen molar-refractivity contribution in [3.63, 3.8) is 0 Å². The average molecular weight is 386 g/mol. The number of pyridine rings is 1. The summed E-state index contributed by atoms with van der Waals surface area (Å²) in [4.78, 5) is 4.47. The highest BCUT2D eigenvalue weighted by Crippen LogP contribution is 2.20. The third-order valence-corrected chi connectivity index (χ3v) is 8.33. The lowest BCUT2D eigenvalue weighted by Crippen LogP contribution is -2.64. The Morgan fingerprint density at radius 1 is 0.714 bits per heavy atom. The second kappa shape index (κ2) is 7.78. The monoisotopic (exact) mass is 385 g/mol. The number of benzene rings is 3. The van der Waals surface area contributed by atoms with Crippen molar-refractivity contribution in [2.45, 2.75) is 0 Å². The Hall–Kier alpha value is -3.24. The van der Waals surface area contributed by atoms with Crippen molar-refractivity contribution in [1.82, 2.24) is 4.98 Å². The Labute approximate surface area is 165 Å². The molecule has 0 N–H and O–H groups in total. The number of methoxy groups -OCH3 is 1. The van der Waals surface area contributed by atoms with Crippen molar-refractivity contribution in [2.24, 2.45) is 0 Å². The van der Waals surface area contributed by atoms with E-state index >= 15 is 4.11 Å². The maximum absolute atomic E-state index is 17.2. The first kappa shape index (κ1) is 18.1. The summed E-state index contributed by atoms with van der Waals surface area (Å²) < 4.78 is 22.5. The van der Waals surface area contributed by atoms with Crippen molar-refractivity contribution in [3.05, 3.63) is 103 Å². The molecule has 2 nitrogen and oxygen atoms in total. The molecule has 1 aromatic heterocycles. The van der Waals surface area contributed by atoms with Gasteiger partial charge in [0, 0.05) is 11.8 Å². The van der Waals surface area contributed by atoms with E-state index in [4.69, 9.17) is 4.74 Å². The van der Waals surface area contributed by atoms with Gasteiger partial charge in [0.2, 0.25) is 0 Å². The molecule has 1 heterocycles. The maximum atomic E-state index is 17.2. The van der Waals surface area contributed by atoms with Crippen LogP contribution in [-0.2, 0) is 0 Å². The molecule has 1 unspecified atom stereocenters. The number of hydrogen-bond acceptors (Lipinski definition) is 2. The van der Waals surface area contributed by atoms with Gasteiger partial charge in [-0.25, -0.2) is 0 Å². The van der Waals surface area contributed by atoms with E-state index in [0.717, 1.165) is 11.3 Å². The Morgan fingerprint density at radius 3 is 2.04 bits per heavy atom. The number of aromatic nitrogens is 1. The highest BCUT2D eigenvalue weighted by molar-refractivity contribution is 7.07. The standard InChI is InChI=1S/C24H20FNOSi/c1-27-19-14-16-21(17-15-19)28(25,20-9-3-2-4-10-20)24-13-6-5-11-22(24)23-12-7-8-18-26-23/h2-18H,1H3. The zero-order valence-corrected chi connectivity index (χ0v) is 16.5. The lowest BCUT2D eigenvalue weighted by molar-refractivity contribution is 0.415. The Morgan fingerprint density at radius 2 is 1.36 bits per heavy atom. The number of halogens is 1. The first-order valence-electron chi connectivity index (χ1n) is 9.13. The molecule has 3 aromatic carbocycles. The van der Waals surface area contributed by atoms with Crippen LogP contribution in [0.4, 0.5) is 4.11 Å². The van der Waals surface area contributed by atoms with Crippen LogP contribution in [0.25, 0.3) is 11.3 Å². The zero-order chi connectivity index (χ0) is 19.4. The molecule has 0 aliphatic rings. The summed E-state index contributed by atoms with van der Waals surface area (Å²) in [5, 5.41) is 2.09. The van der Waals surface area contributed by atoms with Crippen molar-refractivity contribution >= 4 is 24.0 Å². The van der Waals surface area contributed by atoms with E-state index in [1.165, 1.54) is 0 Å². The van der Waals surface area contributed by atoms with E-state index < -0.39 is 8.41 Å². The van der Waals surface area contributed by atoms with Crippen molar-refractivity contribution in [1.29, 1.82) is 0 Å². The van der Waals surface area contributed by atoms with Crippen LogP contribution >= 0.6 is 0 Å². The third-order valence-electron chi connectivity index (χ3n) is 4.90. The van der Waals surface area contributed by atoms with Gasteiger partial charge in [0.25, 0.3) is 0 Å². The molecule has 0 aliphatic heterocycles. The van der Waals surface area contributed by atoms with E-state index in [1.54, 1.807) is 13.3 Å². The largest absolute Gasteiger partial charge is 0.497 e. The van der Waals surface area contributed by atoms with Gasteiger partial charge in [0.05, 0.1) is 12.8 Å². The Kier molecular flexibility index (Phi) is 5.04. The Balaban J connectivity index is 1.98. The van der Waals surface area contributed by atoms with Gasteiger partial charge in [-0.3, -0.25) is 9.09 Å². The summed E-state index contributed by atoms with van der Waals surface area (Å²) in [5.41, 5.74) is 1.61. The van der Waals surface area contributed by atoms with Gasteiger partial charge < -0.3 is 4.74 Å². The van der Waals surface area contributed by atoms with Crippen LogP contribution in [0, 0.1) is 0 Å². The van der Waals surface area contributed by atoms with Crippen molar-refractivity contribution in [3.8, 4) is 17.0 Å². The van der Waals surface area contributed by atoms with E-state index in [1.807, 2.05) is 97.1 Å².